The summed E-state index contributed by atoms with van der Waals surface area (Å²) >= 11 is 0. The summed E-state index contributed by atoms with van der Waals surface area (Å²) < 4.78 is 5.63. The van der Waals surface area contributed by atoms with E-state index in [4.69, 9.17) is 4.74 Å². The van der Waals surface area contributed by atoms with Gasteiger partial charge in [-0.25, -0.2) is 0 Å². The van der Waals surface area contributed by atoms with Gasteiger partial charge in [-0.15, -0.1) is 0 Å². The number of ether oxygens (including phenoxy) is 1. The number of carbonyl (C=O) groups excluding carboxylic acids is 2. The molecular formula is C17H14O5. The third-order valence-corrected chi connectivity index (χ3v) is 3.61. The second-order valence-electron chi connectivity index (χ2n) is 5.07. The topological polar surface area (TPSA) is 83.8 Å². The fraction of sp³-hybridized carbons (Fsp3) is 0.176. The summed E-state index contributed by atoms with van der Waals surface area (Å²) in [6.07, 6.45) is -3.47. The first kappa shape index (κ1) is 14.4. The minimum absolute atomic E-state index is 0.0289. The maximum absolute atomic E-state index is 12.2. The van der Waals surface area contributed by atoms with Crippen LogP contribution in [0.4, 0.5) is 0 Å². The van der Waals surface area contributed by atoms with Crippen LogP contribution >= 0.6 is 0 Å². The fourth-order valence-corrected chi connectivity index (χ4v) is 2.44. The molecule has 0 fully saturated rings. The first-order chi connectivity index (χ1) is 10.6. The van der Waals surface area contributed by atoms with Crippen LogP contribution in [0, 0.1) is 0 Å². The van der Waals surface area contributed by atoms with Crippen molar-refractivity contribution in [3.8, 4) is 5.75 Å². The minimum Gasteiger partial charge on any atom is -0.488 e. The maximum atomic E-state index is 12.2. The Balaban J connectivity index is 1.94. The summed E-state index contributed by atoms with van der Waals surface area (Å²) in [5.41, 5.74) is 1.02. The van der Waals surface area contributed by atoms with Crippen LogP contribution in [-0.2, 0) is 6.61 Å². The van der Waals surface area contributed by atoms with Gasteiger partial charge in [-0.1, -0.05) is 42.5 Å². The molecule has 2 atom stereocenters. The van der Waals surface area contributed by atoms with E-state index in [1.807, 2.05) is 30.3 Å². The van der Waals surface area contributed by atoms with Crippen molar-refractivity contribution in [1.82, 2.24) is 0 Å². The van der Waals surface area contributed by atoms with Crippen LogP contribution in [0.15, 0.2) is 48.5 Å². The first-order valence-electron chi connectivity index (χ1n) is 6.84. The summed E-state index contributed by atoms with van der Waals surface area (Å²) in [4.78, 5) is 24.1. The van der Waals surface area contributed by atoms with E-state index in [9.17, 15) is 19.8 Å². The molecular weight excluding hydrogens is 284 g/mol. The van der Waals surface area contributed by atoms with Gasteiger partial charge in [0.2, 0.25) is 0 Å². The number of ketones is 2. The molecule has 112 valence electrons. The Morgan fingerprint density at radius 3 is 2.27 bits per heavy atom. The molecule has 0 radical (unpaired) electrons. The third kappa shape index (κ3) is 2.41. The zero-order valence-electron chi connectivity index (χ0n) is 11.6. The van der Waals surface area contributed by atoms with Gasteiger partial charge in [0.05, 0.1) is 5.56 Å². The van der Waals surface area contributed by atoms with Gasteiger partial charge in [0.1, 0.15) is 12.4 Å². The van der Waals surface area contributed by atoms with E-state index in [0.29, 0.717) is 0 Å². The highest BCUT2D eigenvalue weighted by molar-refractivity contribution is 6.19. The Labute approximate surface area is 126 Å². The van der Waals surface area contributed by atoms with Gasteiger partial charge in [0.25, 0.3) is 0 Å². The van der Waals surface area contributed by atoms with Crippen molar-refractivity contribution in [3.63, 3.8) is 0 Å². The molecule has 5 heteroatoms. The normalized spacial score (nSPS) is 20.6. The smallest absolute Gasteiger partial charge is 0.198 e. The number of rotatable bonds is 3. The molecule has 2 N–H and O–H groups in total. The van der Waals surface area contributed by atoms with Gasteiger partial charge < -0.3 is 14.9 Å². The van der Waals surface area contributed by atoms with Gasteiger partial charge in [0, 0.05) is 5.56 Å². The minimum atomic E-state index is -1.75. The highest BCUT2D eigenvalue weighted by Gasteiger charge is 2.41. The summed E-state index contributed by atoms with van der Waals surface area (Å²) in [6, 6.07) is 14.0. The molecule has 0 aliphatic heterocycles. The van der Waals surface area contributed by atoms with E-state index in [-0.39, 0.29) is 23.5 Å². The molecule has 0 saturated carbocycles. The molecule has 0 unspecified atom stereocenters. The van der Waals surface area contributed by atoms with Crippen LogP contribution in [0.3, 0.4) is 0 Å². The number of hydrogen-bond acceptors (Lipinski definition) is 5. The van der Waals surface area contributed by atoms with Crippen molar-refractivity contribution in [2.45, 2.75) is 18.8 Å². The standard InChI is InChI=1S/C17H14O5/c18-14-11-7-4-8-12(13(11)15(19)17(21)16(14)20)22-9-10-5-2-1-3-6-10/h1-8,16-17,20-21H,9H2/t16-,17+/m0/s1. The Morgan fingerprint density at radius 1 is 0.864 bits per heavy atom. The number of hydrogen-bond donors (Lipinski definition) is 2. The van der Waals surface area contributed by atoms with E-state index >= 15 is 0 Å². The first-order valence-corrected chi connectivity index (χ1v) is 6.84. The van der Waals surface area contributed by atoms with Crippen LogP contribution in [0.1, 0.15) is 26.3 Å². The number of benzene rings is 2. The summed E-state index contributed by atoms with van der Waals surface area (Å²) in [7, 11) is 0. The van der Waals surface area contributed by atoms with Gasteiger partial charge in [0.15, 0.2) is 23.8 Å². The van der Waals surface area contributed by atoms with E-state index < -0.39 is 23.8 Å². The Kier molecular flexibility index (Phi) is 3.75. The number of aliphatic hydroxyl groups excluding tert-OH is 2. The quantitative estimate of drug-likeness (QED) is 0.894. The van der Waals surface area contributed by atoms with Gasteiger partial charge >= 0.3 is 0 Å². The summed E-state index contributed by atoms with van der Waals surface area (Å²) in [6.45, 7) is 0.234. The maximum Gasteiger partial charge on any atom is 0.198 e. The Morgan fingerprint density at radius 2 is 1.55 bits per heavy atom. The molecule has 5 nitrogen and oxygen atoms in total. The zero-order valence-corrected chi connectivity index (χ0v) is 11.6. The van der Waals surface area contributed by atoms with Crippen LogP contribution in [-0.4, -0.2) is 34.0 Å². The second-order valence-corrected chi connectivity index (χ2v) is 5.07. The lowest BCUT2D eigenvalue weighted by Gasteiger charge is -2.25. The molecule has 22 heavy (non-hydrogen) atoms. The molecule has 3 rings (SSSR count). The average Bonchev–Trinajstić information content (AvgIpc) is 2.56. The molecule has 0 heterocycles. The van der Waals surface area contributed by atoms with Gasteiger partial charge in [-0.05, 0) is 11.6 Å². The Hall–Kier alpha value is -2.50. The predicted molar refractivity (Wildman–Crippen MR) is 77.9 cm³/mol. The zero-order chi connectivity index (χ0) is 15.7. The number of fused-ring (bicyclic) bond motifs is 1. The summed E-state index contributed by atoms with van der Waals surface area (Å²) in [5.74, 6) is -1.15. The van der Waals surface area contributed by atoms with Crippen molar-refractivity contribution >= 4 is 11.6 Å². The highest BCUT2D eigenvalue weighted by atomic mass is 16.5. The molecule has 1 aliphatic rings. The number of aliphatic hydroxyl groups is 2. The van der Waals surface area contributed by atoms with Crippen LogP contribution < -0.4 is 4.74 Å². The van der Waals surface area contributed by atoms with Crippen molar-refractivity contribution in [2.24, 2.45) is 0 Å². The van der Waals surface area contributed by atoms with E-state index in [2.05, 4.69) is 0 Å². The third-order valence-electron chi connectivity index (χ3n) is 3.61. The number of carbonyl (C=O) groups is 2. The van der Waals surface area contributed by atoms with Crippen LogP contribution in [0.25, 0.3) is 0 Å². The molecule has 0 saturated heterocycles. The van der Waals surface area contributed by atoms with E-state index in [1.54, 1.807) is 12.1 Å². The van der Waals surface area contributed by atoms with Crippen LogP contribution in [0.5, 0.6) is 5.75 Å². The van der Waals surface area contributed by atoms with Crippen molar-refractivity contribution in [3.05, 3.63) is 65.2 Å². The van der Waals surface area contributed by atoms with Gasteiger partial charge in [-0.3, -0.25) is 9.59 Å². The number of Topliss-reactive ketones (excluding diaryl/α,β-unsaturated/α-hetero) is 2. The molecule has 0 amide bonds. The highest BCUT2D eigenvalue weighted by Crippen LogP contribution is 2.30. The van der Waals surface area contributed by atoms with E-state index in [0.717, 1.165) is 5.56 Å². The van der Waals surface area contributed by atoms with Gasteiger partial charge in [-0.2, -0.15) is 0 Å². The lowest BCUT2D eigenvalue weighted by atomic mass is 9.85. The SMILES string of the molecule is O=C1c2c(OCc3ccccc3)cccc2C(=O)[C@H](O)[C@@H]1O. The molecule has 2 aromatic rings. The average molecular weight is 298 g/mol. The largest absolute Gasteiger partial charge is 0.488 e. The van der Waals surface area contributed by atoms with Crippen LogP contribution in [0.2, 0.25) is 0 Å². The summed E-state index contributed by atoms with van der Waals surface area (Å²) in [5, 5.41) is 19.3. The monoisotopic (exact) mass is 298 g/mol. The lowest BCUT2D eigenvalue weighted by molar-refractivity contribution is 0.0181. The Bertz CT molecular complexity index is 723. The molecule has 2 aromatic carbocycles. The van der Waals surface area contributed by atoms with E-state index in [1.165, 1.54) is 6.07 Å². The molecule has 0 bridgehead atoms. The second kappa shape index (κ2) is 5.71. The molecule has 0 aromatic heterocycles. The van der Waals surface area contributed by atoms with Crippen molar-refractivity contribution in [1.29, 1.82) is 0 Å². The molecule has 1 aliphatic carbocycles. The molecule has 0 spiro atoms. The fourth-order valence-electron chi connectivity index (χ4n) is 2.44. The van der Waals surface area contributed by atoms with Crippen molar-refractivity contribution < 1.29 is 24.5 Å². The lowest BCUT2D eigenvalue weighted by Crippen LogP contribution is -2.45. The van der Waals surface area contributed by atoms with Crippen molar-refractivity contribution in [2.75, 3.05) is 0 Å². The predicted octanol–water partition coefficient (Wildman–Crippen LogP) is 1.37.